The maximum absolute atomic E-state index is 11.7. The van der Waals surface area contributed by atoms with E-state index in [0.29, 0.717) is 0 Å². The van der Waals surface area contributed by atoms with Gasteiger partial charge in [0.1, 0.15) is 0 Å². The summed E-state index contributed by atoms with van der Waals surface area (Å²) in [5, 5.41) is 15.3. The van der Waals surface area contributed by atoms with E-state index in [9.17, 15) is 9.90 Å². The predicted octanol–water partition coefficient (Wildman–Crippen LogP) is 2.78. The Bertz CT molecular complexity index is 424. The van der Waals surface area contributed by atoms with Crippen LogP contribution in [0.4, 0.5) is 10.5 Å². The molecule has 0 saturated heterocycles. The number of urea groups is 1. The molecule has 0 heterocycles. The first kappa shape index (κ1) is 15.5. The molecule has 4 heteroatoms. The normalized spacial score (nSPS) is 12.9. The molecule has 1 unspecified atom stereocenters. The maximum atomic E-state index is 11.7. The summed E-state index contributed by atoms with van der Waals surface area (Å²) in [5.74, 6) is 0. The Hall–Kier alpha value is -1.55. The Kier molecular flexibility index (Phi) is 5.36. The number of carbonyl (C=O) groups is 1. The van der Waals surface area contributed by atoms with Crippen LogP contribution in [-0.4, -0.2) is 23.8 Å². The minimum atomic E-state index is -0.569. The average molecular weight is 264 g/mol. The molecule has 2 amide bonds. The number of anilines is 1. The van der Waals surface area contributed by atoms with Crippen LogP contribution in [-0.2, 0) is 6.42 Å². The largest absolute Gasteiger partial charge is 0.391 e. The average Bonchev–Trinajstić information content (AvgIpc) is 2.35. The Labute approximate surface area is 115 Å². The van der Waals surface area contributed by atoms with E-state index in [2.05, 4.69) is 17.6 Å². The monoisotopic (exact) mass is 264 g/mol. The van der Waals surface area contributed by atoms with Gasteiger partial charge in [0.15, 0.2) is 0 Å². The third kappa shape index (κ3) is 5.30. The van der Waals surface area contributed by atoms with Crippen molar-refractivity contribution < 1.29 is 9.90 Å². The first-order chi connectivity index (χ1) is 8.82. The molecule has 0 aliphatic rings. The van der Waals surface area contributed by atoms with E-state index in [1.807, 2.05) is 45.0 Å². The quantitative estimate of drug-likeness (QED) is 0.783. The summed E-state index contributed by atoms with van der Waals surface area (Å²) in [6, 6.07) is 7.43. The van der Waals surface area contributed by atoms with Crippen molar-refractivity contribution >= 4 is 11.7 Å². The Morgan fingerprint density at radius 1 is 1.37 bits per heavy atom. The van der Waals surface area contributed by atoms with Gasteiger partial charge < -0.3 is 15.7 Å². The molecular weight excluding hydrogens is 240 g/mol. The fraction of sp³-hybridized carbons (Fsp3) is 0.533. The van der Waals surface area contributed by atoms with Crippen LogP contribution in [0.15, 0.2) is 24.3 Å². The number of nitrogens with one attached hydrogen (secondary N) is 2. The van der Waals surface area contributed by atoms with Crippen molar-refractivity contribution in [2.75, 3.05) is 11.9 Å². The standard InChI is InChI=1S/C15H24N2O2/c1-5-11-7-6-8-12(9-11)17-14(19)16-10-13(18)15(2,3)4/h6-9,13,18H,5,10H2,1-4H3,(H2,16,17,19). The Balaban J connectivity index is 2.47. The molecule has 1 rings (SSSR count). The van der Waals surface area contributed by atoms with Gasteiger partial charge in [-0.15, -0.1) is 0 Å². The molecule has 0 aliphatic carbocycles. The summed E-state index contributed by atoms with van der Waals surface area (Å²) >= 11 is 0. The van der Waals surface area contributed by atoms with Crippen molar-refractivity contribution in [2.45, 2.75) is 40.2 Å². The van der Waals surface area contributed by atoms with Gasteiger partial charge in [0.25, 0.3) is 0 Å². The molecule has 0 aromatic heterocycles. The lowest BCUT2D eigenvalue weighted by Crippen LogP contribution is -2.40. The highest BCUT2D eigenvalue weighted by Crippen LogP contribution is 2.18. The third-order valence-electron chi connectivity index (χ3n) is 3.05. The number of carbonyl (C=O) groups excluding carboxylic acids is 1. The molecule has 0 aliphatic heterocycles. The number of rotatable bonds is 4. The third-order valence-corrected chi connectivity index (χ3v) is 3.05. The summed E-state index contributed by atoms with van der Waals surface area (Å²) < 4.78 is 0. The van der Waals surface area contributed by atoms with Crippen molar-refractivity contribution in [1.29, 1.82) is 0 Å². The Morgan fingerprint density at radius 3 is 2.63 bits per heavy atom. The number of hydrogen-bond acceptors (Lipinski definition) is 2. The van der Waals surface area contributed by atoms with Crippen LogP contribution in [0, 0.1) is 5.41 Å². The minimum absolute atomic E-state index is 0.239. The molecule has 0 fully saturated rings. The fourth-order valence-electron chi connectivity index (χ4n) is 1.54. The number of amides is 2. The highest BCUT2D eigenvalue weighted by atomic mass is 16.3. The zero-order chi connectivity index (χ0) is 14.5. The highest BCUT2D eigenvalue weighted by molar-refractivity contribution is 5.89. The molecule has 0 bridgehead atoms. The number of benzene rings is 1. The number of aliphatic hydroxyl groups excluding tert-OH is 1. The predicted molar refractivity (Wildman–Crippen MR) is 78.3 cm³/mol. The fourth-order valence-corrected chi connectivity index (χ4v) is 1.54. The summed E-state index contributed by atoms with van der Waals surface area (Å²) in [5.41, 5.74) is 1.70. The Morgan fingerprint density at radius 2 is 2.05 bits per heavy atom. The molecule has 0 radical (unpaired) electrons. The second kappa shape index (κ2) is 6.57. The van der Waals surface area contributed by atoms with Gasteiger partial charge >= 0.3 is 6.03 Å². The summed E-state index contributed by atoms with van der Waals surface area (Å²) in [6.45, 7) is 8.10. The molecule has 19 heavy (non-hydrogen) atoms. The van der Waals surface area contributed by atoms with E-state index >= 15 is 0 Å². The molecule has 1 aromatic carbocycles. The molecule has 4 nitrogen and oxygen atoms in total. The minimum Gasteiger partial charge on any atom is -0.391 e. The van der Waals surface area contributed by atoms with Gasteiger partial charge in [0, 0.05) is 12.2 Å². The van der Waals surface area contributed by atoms with E-state index < -0.39 is 6.10 Å². The number of aryl methyl sites for hydroxylation is 1. The molecule has 106 valence electrons. The maximum Gasteiger partial charge on any atom is 0.319 e. The summed E-state index contributed by atoms with van der Waals surface area (Å²) in [7, 11) is 0. The van der Waals surface area contributed by atoms with Crippen molar-refractivity contribution in [3.8, 4) is 0 Å². The summed E-state index contributed by atoms with van der Waals surface area (Å²) in [6.07, 6.45) is 0.361. The van der Waals surface area contributed by atoms with Gasteiger partial charge in [-0.1, -0.05) is 39.8 Å². The van der Waals surface area contributed by atoms with Crippen molar-refractivity contribution in [3.05, 3.63) is 29.8 Å². The van der Waals surface area contributed by atoms with Crippen LogP contribution in [0.3, 0.4) is 0 Å². The smallest absolute Gasteiger partial charge is 0.319 e. The van der Waals surface area contributed by atoms with Crippen LogP contribution in [0.25, 0.3) is 0 Å². The van der Waals surface area contributed by atoms with E-state index in [1.54, 1.807) is 0 Å². The van der Waals surface area contributed by atoms with E-state index in [0.717, 1.165) is 12.1 Å². The number of aliphatic hydroxyl groups is 1. The van der Waals surface area contributed by atoms with E-state index in [1.165, 1.54) is 5.56 Å². The van der Waals surface area contributed by atoms with E-state index in [4.69, 9.17) is 0 Å². The van der Waals surface area contributed by atoms with Crippen LogP contribution in [0.1, 0.15) is 33.3 Å². The van der Waals surface area contributed by atoms with Crippen LogP contribution >= 0.6 is 0 Å². The highest BCUT2D eigenvalue weighted by Gasteiger charge is 2.22. The zero-order valence-corrected chi connectivity index (χ0v) is 12.2. The van der Waals surface area contributed by atoms with Crippen molar-refractivity contribution in [2.24, 2.45) is 5.41 Å². The van der Waals surface area contributed by atoms with Gasteiger partial charge in [-0.05, 0) is 29.5 Å². The van der Waals surface area contributed by atoms with Crippen LogP contribution in [0.5, 0.6) is 0 Å². The first-order valence-corrected chi connectivity index (χ1v) is 6.64. The zero-order valence-electron chi connectivity index (χ0n) is 12.2. The van der Waals surface area contributed by atoms with Gasteiger partial charge in [-0.3, -0.25) is 0 Å². The second-order valence-electron chi connectivity index (χ2n) is 5.77. The summed E-state index contributed by atoms with van der Waals surface area (Å²) in [4.78, 5) is 11.7. The number of hydrogen-bond donors (Lipinski definition) is 3. The molecular formula is C15H24N2O2. The van der Waals surface area contributed by atoms with Gasteiger partial charge in [-0.2, -0.15) is 0 Å². The lowest BCUT2D eigenvalue weighted by molar-refractivity contribution is 0.0654. The van der Waals surface area contributed by atoms with Crippen LogP contribution in [0.2, 0.25) is 0 Å². The van der Waals surface area contributed by atoms with Crippen molar-refractivity contribution in [1.82, 2.24) is 5.32 Å². The first-order valence-electron chi connectivity index (χ1n) is 6.64. The lowest BCUT2D eigenvalue weighted by Gasteiger charge is -2.25. The second-order valence-corrected chi connectivity index (χ2v) is 5.77. The van der Waals surface area contributed by atoms with Gasteiger partial charge in [0.05, 0.1) is 6.10 Å². The lowest BCUT2D eigenvalue weighted by atomic mass is 9.89. The molecule has 1 aromatic rings. The van der Waals surface area contributed by atoms with Gasteiger partial charge in [-0.25, -0.2) is 4.79 Å². The van der Waals surface area contributed by atoms with Crippen LogP contribution < -0.4 is 10.6 Å². The molecule has 0 spiro atoms. The molecule has 3 N–H and O–H groups in total. The SMILES string of the molecule is CCc1cccc(NC(=O)NCC(O)C(C)(C)C)c1. The van der Waals surface area contributed by atoms with Gasteiger partial charge in [0.2, 0.25) is 0 Å². The van der Waals surface area contributed by atoms with E-state index in [-0.39, 0.29) is 18.0 Å². The molecule has 0 saturated carbocycles. The topological polar surface area (TPSA) is 61.4 Å². The van der Waals surface area contributed by atoms with Crippen molar-refractivity contribution in [3.63, 3.8) is 0 Å². The molecule has 1 atom stereocenters.